The first-order valence-electron chi connectivity index (χ1n) is 4.90. The normalized spacial score (nSPS) is 11.4. The minimum atomic E-state index is -0.193. The first-order valence-corrected chi connectivity index (χ1v) is 4.90. The predicted molar refractivity (Wildman–Crippen MR) is 58.3 cm³/mol. The summed E-state index contributed by atoms with van der Waals surface area (Å²) in [5.41, 5.74) is -0.347. The van der Waals surface area contributed by atoms with Crippen LogP contribution in [0.3, 0.4) is 0 Å². The molecule has 1 rings (SSSR count). The Hall–Kier alpha value is -1.29. The zero-order chi connectivity index (χ0) is 11.3. The van der Waals surface area contributed by atoms with Gasteiger partial charge in [0.15, 0.2) is 0 Å². The molecule has 0 aliphatic carbocycles. The highest BCUT2D eigenvalue weighted by Crippen LogP contribution is 2.14. The Balaban J connectivity index is 2.41. The monoisotopic (exact) mass is 211 g/mol. The average Bonchev–Trinajstić information content (AvgIpc) is 2.18. The number of pyridine rings is 1. The molecule has 1 N–H and O–H groups in total. The first-order chi connectivity index (χ1) is 7.03. The van der Waals surface area contributed by atoms with Gasteiger partial charge in [-0.1, -0.05) is 0 Å². The second kappa shape index (κ2) is 4.98. The third-order valence-electron chi connectivity index (χ3n) is 2.27. The van der Waals surface area contributed by atoms with Crippen LogP contribution in [0, 0.1) is 0 Å². The number of H-pyrrole nitrogens is 1. The molecule has 84 valence electrons. The van der Waals surface area contributed by atoms with Crippen molar-refractivity contribution in [3.05, 3.63) is 28.7 Å². The fraction of sp³-hybridized carbons (Fsp3) is 0.545. The van der Waals surface area contributed by atoms with E-state index < -0.39 is 0 Å². The van der Waals surface area contributed by atoms with Crippen LogP contribution in [0.5, 0.6) is 5.75 Å². The van der Waals surface area contributed by atoms with Gasteiger partial charge in [-0.2, -0.15) is 0 Å². The van der Waals surface area contributed by atoms with Gasteiger partial charge in [0.25, 0.3) is 5.56 Å². The number of nitrogens with one attached hydrogen (secondary N) is 1. The van der Waals surface area contributed by atoms with Crippen molar-refractivity contribution < 1.29 is 9.47 Å². The summed E-state index contributed by atoms with van der Waals surface area (Å²) in [5.74, 6) is 0.589. The molecule has 0 bridgehead atoms. The molecule has 0 unspecified atom stereocenters. The third kappa shape index (κ3) is 4.16. The second-order valence-corrected chi connectivity index (χ2v) is 3.95. The molecule has 0 radical (unpaired) electrons. The van der Waals surface area contributed by atoms with Gasteiger partial charge in [0, 0.05) is 25.8 Å². The molecule has 0 amide bonds. The largest absolute Gasteiger partial charge is 0.493 e. The minimum Gasteiger partial charge on any atom is -0.493 e. The first kappa shape index (κ1) is 11.8. The lowest BCUT2D eigenvalue weighted by atomic mass is 10.1. The Morgan fingerprint density at radius 1 is 1.47 bits per heavy atom. The Morgan fingerprint density at radius 3 is 2.80 bits per heavy atom. The molecule has 15 heavy (non-hydrogen) atoms. The molecule has 4 nitrogen and oxygen atoms in total. The van der Waals surface area contributed by atoms with Crippen molar-refractivity contribution in [3.63, 3.8) is 0 Å². The Kier molecular flexibility index (Phi) is 3.91. The maximum atomic E-state index is 10.9. The summed E-state index contributed by atoms with van der Waals surface area (Å²) in [6, 6.07) is 3.15. The molecule has 0 saturated heterocycles. The number of aromatic amines is 1. The van der Waals surface area contributed by atoms with Crippen LogP contribution >= 0.6 is 0 Å². The molecule has 0 aromatic carbocycles. The van der Waals surface area contributed by atoms with Gasteiger partial charge in [0.05, 0.1) is 12.2 Å². The number of ether oxygens (including phenoxy) is 2. The molecule has 0 spiro atoms. The quantitative estimate of drug-likeness (QED) is 0.804. The van der Waals surface area contributed by atoms with E-state index in [-0.39, 0.29) is 11.2 Å². The molecule has 0 atom stereocenters. The van der Waals surface area contributed by atoms with Gasteiger partial charge in [-0.3, -0.25) is 4.79 Å². The van der Waals surface area contributed by atoms with Crippen LogP contribution in [-0.4, -0.2) is 24.3 Å². The molecule has 0 fully saturated rings. The SMILES string of the molecule is COC(C)(C)CCOc1cc[nH]c(=O)c1. The molecule has 0 saturated carbocycles. The van der Waals surface area contributed by atoms with Crippen molar-refractivity contribution >= 4 is 0 Å². The Morgan fingerprint density at radius 2 is 2.20 bits per heavy atom. The van der Waals surface area contributed by atoms with E-state index >= 15 is 0 Å². The molecule has 0 aliphatic heterocycles. The molecular formula is C11H17NO3. The summed E-state index contributed by atoms with van der Waals surface area (Å²) < 4.78 is 10.7. The standard InChI is InChI=1S/C11H17NO3/c1-11(2,14-3)5-7-15-9-4-6-12-10(13)8-9/h4,6,8H,5,7H2,1-3H3,(H,12,13). The van der Waals surface area contributed by atoms with Crippen molar-refractivity contribution in [3.8, 4) is 5.75 Å². The molecule has 4 heteroatoms. The van der Waals surface area contributed by atoms with Crippen molar-refractivity contribution in [2.24, 2.45) is 0 Å². The van der Waals surface area contributed by atoms with Crippen LogP contribution in [0.2, 0.25) is 0 Å². The van der Waals surface area contributed by atoms with E-state index in [0.29, 0.717) is 12.4 Å². The van der Waals surface area contributed by atoms with Crippen LogP contribution in [0.25, 0.3) is 0 Å². The molecular weight excluding hydrogens is 194 g/mol. The van der Waals surface area contributed by atoms with Gasteiger partial charge in [-0.05, 0) is 19.9 Å². The van der Waals surface area contributed by atoms with E-state index in [1.807, 2.05) is 13.8 Å². The number of rotatable bonds is 5. The van der Waals surface area contributed by atoms with Crippen LogP contribution in [0.4, 0.5) is 0 Å². The van der Waals surface area contributed by atoms with E-state index in [2.05, 4.69) is 4.98 Å². The fourth-order valence-electron chi connectivity index (χ4n) is 1.03. The summed E-state index contributed by atoms with van der Waals surface area (Å²) in [4.78, 5) is 13.5. The van der Waals surface area contributed by atoms with Crippen molar-refractivity contribution in [2.75, 3.05) is 13.7 Å². The van der Waals surface area contributed by atoms with Crippen molar-refractivity contribution in [2.45, 2.75) is 25.9 Å². The molecule has 0 aliphatic rings. The zero-order valence-electron chi connectivity index (χ0n) is 9.37. The lowest BCUT2D eigenvalue weighted by Crippen LogP contribution is -2.25. The maximum Gasteiger partial charge on any atom is 0.251 e. The summed E-state index contributed by atoms with van der Waals surface area (Å²) in [6.07, 6.45) is 2.34. The van der Waals surface area contributed by atoms with Crippen LogP contribution in [-0.2, 0) is 4.74 Å². The van der Waals surface area contributed by atoms with E-state index in [1.54, 1.807) is 19.4 Å². The summed E-state index contributed by atoms with van der Waals surface area (Å²) >= 11 is 0. The highest BCUT2D eigenvalue weighted by atomic mass is 16.5. The van der Waals surface area contributed by atoms with Gasteiger partial charge >= 0.3 is 0 Å². The predicted octanol–water partition coefficient (Wildman–Crippen LogP) is 1.57. The maximum absolute atomic E-state index is 10.9. The van der Waals surface area contributed by atoms with E-state index in [1.165, 1.54) is 6.07 Å². The van der Waals surface area contributed by atoms with Crippen molar-refractivity contribution in [1.29, 1.82) is 0 Å². The Bertz CT molecular complexity index is 357. The number of methoxy groups -OCH3 is 1. The third-order valence-corrected chi connectivity index (χ3v) is 2.27. The lowest BCUT2D eigenvalue weighted by molar-refractivity contribution is 0.00544. The van der Waals surface area contributed by atoms with Crippen molar-refractivity contribution in [1.82, 2.24) is 4.98 Å². The van der Waals surface area contributed by atoms with Crippen LogP contribution in [0.15, 0.2) is 23.1 Å². The molecule has 1 aromatic heterocycles. The van der Waals surface area contributed by atoms with E-state index in [4.69, 9.17) is 9.47 Å². The summed E-state index contributed by atoms with van der Waals surface area (Å²) in [6.45, 7) is 4.52. The number of hydrogen-bond acceptors (Lipinski definition) is 3. The van der Waals surface area contributed by atoms with Crippen LogP contribution < -0.4 is 10.3 Å². The van der Waals surface area contributed by atoms with E-state index in [9.17, 15) is 4.79 Å². The lowest BCUT2D eigenvalue weighted by Gasteiger charge is -2.22. The van der Waals surface area contributed by atoms with Gasteiger partial charge in [-0.25, -0.2) is 0 Å². The average molecular weight is 211 g/mol. The molecule has 1 heterocycles. The Labute approximate surface area is 89.2 Å². The van der Waals surface area contributed by atoms with Gasteiger partial charge in [0.1, 0.15) is 5.75 Å². The topological polar surface area (TPSA) is 51.3 Å². The highest BCUT2D eigenvalue weighted by molar-refractivity contribution is 5.16. The van der Waals surface area contributed by atoms with Gasteiger partial charge in [-0.15, -0.1) is 0 Å². The summed E-state index contributed by atoms with van der Waals surface area (Å²) in [7, 11) is 1.67. The fourth-order valence-corrected chi connectivity index (χ4v) is 1.03. The van der Waals surface area contributed by atoms with Gasteiger partial charge < -0.3 is 14.5 Å². The summed E-state index contributed by atoms with van der Waals surface area (Å²) in [5, 5.41) is 0. The number of hydrogen-bond donors (Lipinski definition) is 1. The number of aromatic nitrogens is 1. The highest BCUT2D eigenvalue weighted by Gasteiger charge is 2.15. The van der Waals surface area contributed by atoms with E-state index in [0.717, 1.165) is 6.42 Å². The minimum absolute atomic E-state index is 0.154. The molecule has 1 aromatic rings. The van der Waals surface area contributed by atoms with Crippen LogP contribution in [0.1, 0.15) is 20.3 Å². The zero-order valence-corrected chi connectivity index (χ0v) is 9.37. The van der Waals surface area contributed by atoms with Gasteiger partial charge in [0.2, 0.25) is 0 Å². The smallest absolute Gasteiger partial charge is 0.251 e. The second-order valence-electron chi connectivity index (χ2n) is 3.95.